The third-order valence-corrected chi connectivity index (χ3v) is 5.45. The smallest absolute Gasteiger partial charge is 0.352 e. The molecule has 9 nitrogen and oxygen atoms in total. The van der Waals surface area contributed by atoms with Crippen LogP contribution in [-0.2, 0) is 13.0 Å². The van der Waals surface area contributed by atoms with Gasteiger partial charge in [-0.3, -0.25) is 19.1 Å². The Hall–Kier alpha value is -4.24. The molecule has 0 saturated carbocycles. The first-order chi connectivity index (χ1) is 17.0. The summed E-state index contributed by atoms with van der Waals surface area (Å²) >= 11 is 6.07. The fraction of sp³-hybridized carbons (Fsp3) is 0.160. The van der Waals surface area contributed by atoms with Crippen molar-refractivity contribution >= 4 is 17.5 Å². The Morgan fingerprint density at radius 3 is 2.54 bits per heavy atom. The van der Waals surface area contributed by atoms with Gasteiger partial charge >= 0.3 is 5.69 Å². The maximum absolute atomic E-state index is 13.3. The highest BCUT2D eigenvalue weighted by atomic mass is 35.5. The first-order valence-electron chi connectivity index (χ1n) is 10.8. The number of benzene rings is 2. The fourth-order valence-electron chi connectivity index (χ4n) is 3.44. The van der Waals surface area contributed by atoms with Crippen LogP contribution >= 0.6 is 11.6 Å². The number of hydrogen-bond acceptors (Lipinski definition) is 6. The SMILES string of the molecule is COc1ccc(-n2nc(C(=O)NCCc3ccccn3)c(=O)n(Cc3cccc(Cl)c3)c2=O)cc1. The lowest BCUT2D eigenvalue weighted by atomic mass is 10.2. The lowest BCUT2D eigenvalue weighted by molar-refractivity contribution is 0.0944. The van der Waals surface area contributed by atoms with E-state index in [1.165, 1.54) is 7.11 Å². The van der Waals surface area contributed by atoms with Crippen LogP contribution < -0.4 is 21.3 Å². The first kappa shape index (κ1) is 23.9. The average molecular weight is 492 g/mol. The molecule has 0 aliphatic carbocycles. The van der Waals surface area contributed by atoms with Crippen molar-refractivity contribution in [2.24, 2.45) is 0 Å². The Bertz CT molecular complexity index is 1450. The van der Waals surface area contributed by atoms with Crippen LogP contribution in [0.5, 0.6) is 5.75 Å². The molecule has 2 heterocycles. The van der Waals surface area contributed by atoms with Crippen LogP contribution in [0.3, 0.4) is 0 Å². The molecule has 2 aromatic heterocycles. The third-order valence-electron chi connectivity index (χ3n) is 5.21. The molecule has 0 aliphatic rings. The lowest BCUT2D eigenvalue weighted by Gasteiger charge is -2.13. The summed E-state index contributed by atoms with van der Waals surface area (Å²) in [6.45, 7) is 0.165. The number of halogens is 1. The van der Waals surface area contributed by atoms with Gasteiger partial charge in [-0.15, -0.1) is 0 Å². The van der Waals surface area contributed by atoms with Crippen molar-refractivity contribution in [2.75, 3.05) is 13.7 Å². The molecule has 10 heteroatoms. The van der Waals surface area contributed by atoms with Crippen LogP contribution in [-0.4, -0.2) is 38.9 Å². The number of carbonyl (C=O) groups is 1. The summed E-state index contributed by atoms with van der Waals surface area (Å²) in [4.78, 5) is 43.6. The van der Waals surface area contributed by atoms with Gasteiger partial charge in [0.1, 0.15) is 5.75 Å². The molecule has 4 rings (SSSR count). The van der Waals surface area contributed by atoms with E-state index in [4.69, 9.17) is 16.3 Å². The number of ether oxygens (including phenoxy) is 1. The molecule has 178 valence electrons. The summed E-state index contributed by atoms with van der Waals surface area (Å²) in [5.41, 5.74) is -0.0880. The Balaban J connectivity index is 1.71. The summed E-state index contributed by atoms with van der Waals surface area (Å²) < 4.78 is 7.16. The van der Waals surface area contributed by atoms with Crippen molar-refractivity contribution < 1.29 is 9.53 Å². The van der Waals surface area contributed by atoms with Crippen molar-refractivity contribution in [1.29, 1.82) is 0 Å². The Labute approximate surface area is 205 Å². The van der Waals surface area contributed by atoms with Crippen molar-refractivity contribution in [1.82, 2.24) is 24.6 Å². The van der Waals surface area contributed by atoms with Crippen LogP contribution in [0.2, 0.25) is 5.02 Å². The quantitative estimate of drug-likeness (QED) is 0.405. The molecule has 2 aromatic carbocycles. The number of carbonyl (C=O) groups excluding carboxylic acids is 1. The maximum atomic E-state index is 13.3. The number of pyridine rings is 1. The second-order valence-corrected chi connectivity index (χ2v) is 8.03. The van der Waals surface area contributed by atoms with Gasteiger partial charge in [0.05, 0.1) is 19.3 Å². The molecule has 0 atom stereocenters. The van der Waals surface area contributed by atoms with E-state index in [2.05, 4.69) is 15.4 Å². The number of nitrogens with one attached hydrogen (secondary N) is 1. The van der Waals surface area contributed by atoms with Crippen molar-refractivity contribution in [3.05, 3.63) is 116 Å². The van der Waals surface area contributed by atoms with Crippen molar-refractivity contribution in [2.45, 2.75) is 13.0 Å². The standard InChI is InChI=1S/C25H22ClN5O4/c1-35-21-10-8-20(9-11-21)31-25(34)30(16-17-5-4-6-18(26)15-17)24(33)22(29-31)23(32)28-14-12-19-7-2-3-13-27-19/h2-11,13,15H,12,14,16H2,1H3,(H,28,32). The summed E-state index contributed by atoms with van der Waals surface area (Å²) in [6, 6.07) is 18.8. The zero-order valence-electron chi connectivity index (χ0n) is 18.8. The number of hydrogen-bond donors (Lipinski definition) is 1. The number of amides is 1. The monoisotopic (exact) mass is 491 g/mol. The predicted molar refractivity (Wildman–Crippen MR) is 131 cm³/mol. The molecule has 0 unspecified atom stereocenters. The number of rotatable bonds is 8. The highest BCUT2D eigenvalue weighted by Gasteiger charge is 2.20. The van der Waals surface area contributed by atoms with E-state index in [9.17, 15) is 14.4 Å². The summed E-state index contributed by atoms with van der Waals surface area (Å²) in [7, 11) is 1.53. The van der Waals surface area contributed by atoms with Gasteiger partial charge < -0.3 is 10.1 Å². The van der Waals surface area contributed by atoms with Gasteiger partial charge in [0, 0.05) is 29.9 Å². The largest absolute Gasteiger partial charge is 0.497 e. The Morgan fingerprint density at radius 2 is 1.86 bits per heavy atom. The number of nitrogens with zero attached hydrogens (tertiary/aromatic N) is 4. The minimum Gasteiger partial charge on any atom is -0.497 e. The van der Waals surface area contributed by atoms with E-state index in [-0.39, 0.29) is 13.1 Å². The molecular formula is C25H22ClN5O4. The molecule has 1 N–H and O–H groups in total. The molecule has 0 saturated heterocycles. The predicted octanol–water partition coefficient (Wildman–Crippen LogP) is 2.47. The Kier molecular flexibility index (Phi) is 7.37. The van der Waals surface area contributed by atoms with Crippen LogP contribution in [0.1, 0.15) is 21.7 Å². The maximum Gasteiger partial charge on any atom is 0.352 e. The van der Waals surface area contributed by atoms with Gasteiger partial charge in [0.15, 0.2) is 0 Å². The third kappa shape index (κ3) is 5.64. The van der Waals surface area contributed by atoms with E-state index in [0.29, 0.717) is 28.4 Å². The topological polar surface area (TPSA) is 108 Å². The van der Waals surface area contributed by atoms with Crippen LogP contribution in [0.15, 0.2) is 82.5 Å². The van der Waals surface area contributed by atoms with E-state index < -0.39 is 22.9 Å². The molecule has 35 heavy (non-hydrogen) atoms. The van der Waals surface area contributed by atoms with Gasteiger partial charge in [0.25, 0.3) is 11.5 Å². The summed E-state index contributed by atoms with van der Waals surface area (Å²) in [5.74, 6) is -0.102. The van der Waals surface area contributed by atoms with E-state index in [1.807, 2.05) is 12.1 Å². The second kappa shape index (κ2) is 10.8. The van der Waals surface area contributed by atoms with Crippen molar-refractivity contribution in [3.63, 3.8) is 0 Å². The summed E-state index contributed by atoms with van der Waals surface area (Å²) in [5, 5.41) is 7.28. The highest BCUT2D eigenvalue weighted by Crippen LogP contribution is 2.14. The Morgan fingerprint density at radius 1 is 1.06 bits per heavy atom. The van der Waals surface area contributed by atoms with Crippen LogP contribution in [0, 0.1) is 0 Å². The lowest BCUT2D eigenvalue weighted by Crippen LogP contribution is -2.46. The normalized spacial score (nSPS) is 10.7. The van der Waals surface area contributed by atoms with Crippen molar-refractivity contribution in [3.8, 4) is 11.4 Å². The van der Waals surface area contributed by atoms with Crippen LogP contribution in [0.4, 0.5) is 0 Å². The number of methoxy groups -OCH3 is 1. The van der Waals surface area contributed by atoms with Gasteiger partial charge in [-0.1, -0.05) is 29.8 Å². The zero-order chi connectivity index (χ0) is 24.8. The fourth-order valence-corrected chi connectivity index (χ4v) is 3.65. The highest BCUT2D eigenvalue weighted by molar-refractivity contribution is 6.30. The molecule has 0 spiro atoms. The molecule has 0 radical (unpaired) electrons. The second-order valence-electron chi connectivity index (χ2n) is 7.59. The van der Waals surface area contributed by atoms with Gasteiger partial charge in [0.2, 0.25) is 5.69 Å². The molecule has 1 amide bonds. The zero-order valence-corrected chi connectivity index (χ0v) is 19.6. The molecular weight excluding hydrogens is 470 g/mol. The van der Waals surface area contributed by atoms with Crippen LogP contribution in [0.25, 0.3) is 5.69 Å². The first-order valence-corrected chi connectivity index (χ1v) is 11.1. The molecule has 4 aromatic rings. The minimum atomic E-state index is -0.796. The van der Waals surface area contributed by atoms with Gasteiger partial charge in [-0.05, 0) is 54.1 Å². The van der Waals surface area contributed by atoms with E-state index >= 15 is 0 Å². The summed E-state index contributed by atoms with van der Waals surface area (Å²) in [6.07, 6.45) is 2.14. The van der Waals surface area contributed by atoms with E-state index in [0.717, 1.165) is 14.9 Å². The molecule has 0 fully saturated rings. The average Bonchev–Trinajstić information content (AvgIpc) is 2.87. The molecule has 0 aliphatic heterocycles. The minimum absolute atomic E-state index is 0.0783. The van der Waals surface area contributed by atoms with Gasteiger partial charge in [-0.25, -0.2) is 4.79 Å². The van der Waals surface area contributed by atoms with E-state index in [1.54, 1.807) is 60.8 Å². The number of aromatic nitrogens is 4. The van der Waals surface area contributed by atoms with Gasteiger partial charge in [-0.2, -0.15) is 9.78 Å². The molecule has 0 bridgehead atoms.